The van der Waals surface area contributed by atoms with E-state index in [0.29, 0.717) is 0 Å². The van der Waals surface area contributed by atoms with Crippen LogP contribution in [0, 0.1) is 6.92 Å². The second-order valence-electron chi connectivity index (χ2n) is 9.48. The lowest BCUT2D eigenvalue weighted by molar-refractivity contribution is 0.633. The van der Waals surface area contributed by atoms with E-state index in [4.69, 9.17) is 16.6 Å². The molecule has 0 bridgehead atoms. The Kier molecular flexibility index (Phi) is 9.76. The lowest BCUT2D eigenvalue weighted by Gasteiger charge is -2.19. The van der Waals surface area contributed by atoms with E-state index in [2.05, 4.69) is 73.6 Å². The molecule has 0 aliphatic carbocycles. The number of nitrogens with one attached hydrogen (secondary N) is 1. The Hall–Kier alpha value is -2.87. The van der Waals surface area contributed by atoms with Crippen molar-refractivity contribution in [3.63, 3.8) is 0 Å². The highest BCUT2D eigenvalue weighted by Gasteiger charge is 2.21. The summed E-state index contributed by atoms with van der Waals surface area (Å²) < 4.78 is 0. The van der Waals surface area contributed by atoms with Gasteiger partial charge in [-0.3, -0.25) is 4.99 Å². The molecule has 0 fully saturated rings. The second kappa shape index (κ2) is 12.6. The van der Waals surface area contributed by atoms with E-state index in [9.17, 15) is 0 Å². The summed E-state index contributed by atoms with van der Waals surface area (Å²) in [5, 5.41) is 5.02. The number of thiazole rings is 1. The van der Waals surface area contributed by atoms with Gasteiger partial charge in [-0.2, -0.15) is 0 Å². The molecule has 1 aromatic carbocycles. The number of aryl methyl sites for hydroxylation is 1. The quantitative estimate of drug-likeness (QED) is 0.191. The number of allylic oxidation sites excluding steroid dienone is 2. The zero-order chi connectivity index (χ0) is 27.2. The zero-order valence-electron chi connectivity index (χ0n) is 22.5. The number of nitrogens with zero attached hydrogens (tertiary/aromatic N) is 4. The Morgan fingerprint density at radius 1 is 1.16 bits per heavy atom. The van der Waals surface area contributed by atoms with Crippen LogP contribution in [-0.4, -0.2) is 26.2 Å². The smallest absolute Gasteiger partial charge is 0.185 e. The van der Waals surface area contributed by atoms with Crippen molar-refractivity contribution in [3.05, 3.63) is 71.0 Å². The van der Waals surface area contributed by atoms with Gasteiger partial charge < -0.3 is 5.32 Å². The lowest BCUT2D eigenvalue weighted by atomic mass is 9.99. The Bertz CT molecular complexity index is 1440. The van der Waals surface area contributed by atoms with E-state index >= 15 is 0 Å². The summed E-state index contributed by atoms with van der Waals surface area (Å²) in [6.45, 7) is 18.0. The predicted octanol–water partition coefficient (Wildman–Crippen LogP) is 9.58. The highest BCUT2D eigenvalue weighted by molar-refractivity contribution is 7.22. The second-order valence-corrected chi connectivity index (χ2v) is 11.9. The normalized spacial score (nSPS) is 12.1. The first-order chi connectivity index (χ1) is 17.6. The number of aliphatic imine (C=N–C) groups is 1. The summed E-state index contributed by atoms with van der Waals surface area (Å²) in [5.74, 6) is 0. The third kappa shape index (κ3) is 7.34. The fourth-order valence-electron chi connectivity index (χ4n) is 3.46. The highest BCUT2D eigenvalue weighted by atomic mass is 35.5. The number of benzene rings is 1. The molecular weight excluding hydrogens is 518 g/mol. The maximum Gasteiger partial charge on any atom is 0.185 e. The Morgan fingerprint density at radius 2 is 1.89 bits per heavy atom. The number of hydrogen-bond donors (Lipinski definition) is 1. The van der Waals surface area contributed by atoms with Gasteiger partial charge in [0.25, 0.3) is 0 Å². The maximum atomic E-state index is 6.23. The van der Waals surface area contributed by atoms with Gasteiger partial charge >= 0.3 is 0 Å². The summed E-state index contributed by atoms with van der Waals surface area (Å²) in [5.41, 5.74) is 5.87. The van der Waals surface area contributed by atoms with Crippen molar-refractivity contribution in [1.82, 2.24) is 15.0 Å². The molecule has 4 aromatic rings. The monoisotopic (exact) mass is 551 g/mol. The number of fused-ring (bicyclic) bond motifs is 1. The largest absolute Gasteiger partial charge is 0.357 e. The molecule has 3 aromatic heterocycles. The van der Waals surface area contributed by atoms with Crippen LogP contribution < -0.4 is 5.32 Å². The summed E-state index contributed by atoms with van der Waals surface area (Å²) in [6.07, 6.45) is 8.32. The number of anilines is 1. The van der Waals surface area contributed by atoms with Gasteiger partial charge in [0.2, 0.25) is 0 Å². The average molecular weight is 552 g/mol. The van der Waals surface area contributed by atoms with Crippen molar-refractivity contribution >= 4 is 55.5 Å². The van der Waals surface area contributed by atoms with Gasteiger partial charge in [-0.15, -0.1) is 17.9 Å². The summed E-state index contributed by atoms with van der Waals surface area (Å²) in [4.78, 5) is 21.6. The van der Waals surface area contributed by atoms with Crippen LogP contribution in [0.25, 0.3) is 32.0 Å². The van der Waals surface area contributed by atoms with E-state index in [-0.39, 0.29) is 5.54 Å². The molecule has 1 N–H and O–H groups in total. The van der Waals surface area contributed by atoms with E-state index in [1.165, 1.54) is 0 Å². The molecule has 5 nitrogen and oxygen atoms in total. The summed E-state index contributed by atoms with van der Waals surface area (Å²) in [6, 6.07) is 8.17. The van der Waals surface area contributed by atoms with Crippen molar-refractivity contribution in [3.8, 4) is 21.7 Å². The van der Waals surface area contributed by atoms with Crippen LogP contribution in [0.1, 0.15) is 58.4 Å². The Morgan fingerprint density at radius 3 is 2.51 bits per heavy atom. The van der Waals surface area contributed by atoms with E-state index < -0.39 is 0 Å². The molecule has 0 unspecified atom stereocenters. The minimum absolute atomic E-state index is 0.0861. The number of rotatable bonds is 6. The van der Waals surface area contributed by atoms with Gasteiger partial charge in [0.15, 0.2) is 5.13 Å². The van der Waals surface area contributed by atoms with E-state index in [1.807, 2.05) is 44.3 Å². The maximum absolute atomic E-state index is 6.23. The van der Waals surface area contributed by atoms with Gasteiger partial charge in [-0.1, -0.05) is 48.1 Å². The average Bonchev–Trinajstić information content (AvgIpc) is 3.45. The molecule has 0 spiro atoms. The van der Waals surface area contributed by atoms with Crippen LogP contribution in [0.3, 0.4) is 0 Å². The number of thiophene rings is 1. The molecule has 0 amide bonds. The minimum atomic E-state index is -0.0861. The van der Waals surface area contributed by atoms with Gasteiger partial charge in [0.05, 0.1) is 15.5 Å². The molecule has 37 heavy (non-hydrogen) atoms. The first-order valence-corrected chi connectivity index (χ1v) is 14.2. The SMILES string of the molecule is C/C=C\N=C(C)c1sc(-c2ncnc3sc(NC(C)(C)C)nc23)cc1-c1ccc(Cl)cc1C.C=CCC. The van der Waals surface area contributed by atoms with Crippen LogP contribution in [0.15, 0.2) is 60.5 Å². The summed E-state index contributed by atoms with van der Waals surface area (Å²) in [7, 11) is 0. The van der Waals surface area contributed by atoms with Crippen molar-refractivity contribution in [2.45, 2.75) is 60.4 Å². The first-order valence-electron chi connectivity index (χ1n) is 12.1. The molecule has 0 saturated carbocycles. The number of hydrogen-bond acceptors (Lipinski definition) is 7. The Labute approximate surface area is 233 Å². The van der Waals surface area contributed by atoms with Gasteiger partial charge in [-0.25, -0.2) is 15.0 Å². The zero-order valence-corrected chi connectivity index (χ0v) is 24.9. The molecule has 0 radical (unpaired) electrons. The molecule has 0 aliphatic rings. The Balaban J connectivity index is 0.000000886. The fourth-order valence-corrected chi connectivity index (χ4v) is 5.82. The molecule has 4 rings (SSSR count). The molecule has 0 saturated heterocycles. The molecular formula is C29H34ClN5S2. The molecule has 8 heteroatoms. The third-order valence-corrected chi connectivity index (χ3v) is 7.52. The third-order valence-electron chi connectivity index (χ3n) is 5.16. The predicted molar refractivity (Wildman–Crippen MR) is 165 cm³/mol. The standard InChI is InChI=1S/C25H26ClN5S2.C4H8/c1-7-10-27-15(3)22-18(17-9-8-16(26)11-14(17)2)12-19(32-22)20-21-23(29-13-28-20)33-24(30-21)31-25(4,5)6;1-3-4-2/h7-13H,1-6H3,(H,30,31);3H,1,4H2,2H3/b10-7-,27-15?;. The van der Waals surface area contributed by atoms with Crippen molar-refractivity contribution in [2.24, 2.45) is 4.99 Å². The van der Waals surface area contributed by atoms with Crippen LogP contribution >= 0.6 is 34.3 Å². The van der Waals surface area contributed by atoms with Gasteiger partial charge in [-0.05, 0) is 77.3 Å². The van der Waals surface area contributed by atoms with Crippen LogP contribution in [0.5, 0.6) is 0 Å². The van der Waals surface area contributed by atoms with Gasteiger partial charge in [0, 0.05) is 22.3 Å². The highest BCUT2D eigenvalue weighted by Crippen LogP contribution is 2.41. The molecule has 0 aliphatic heterocycles. The van der Waals surface area contributed by atoms with E-state index in [1.54, 1.807) is 29.0 Å². The topological polar surface area (TPSA) is 63.1 Å². The number of aromatic nitrogens is 3. The first kappa shape index (κ1) is 28.7. The van der Waals surface area contributed by atoms with Gasteiger partial charge in [0.1, 0.15) is 22.4 Å². The van der Waals surface area contributed by atoms with Crippen LogP contribution in [0.2, 0.25) is 5.02 Å². The summed E-state index contributed by atoms with van der Waals surface area (Å²) >= 11 is 9.45. The lowest BCUT2D eigenvalue weighted by Crippen LogP contribution is -2.25. The molecule has 0 atom stereocenters. The number of halogens is 1. The van der Waals surface area contributed by atoms with Crippen LogP contribution in [0.4, 0.5) is 5.13 Å². The minimum Gasteiger partial charge on any atom is -0.357 e. The van der Waals surface area contributed by atoms with E-state index in [0.717, 1.165) is 64.8 Å². The molecule has 3 heterocycles. The molecule has 194 valence electrons. The van der Waals surface area contributed by atoms with Crippen LogP contribution in [-0.2, 0) is 0 Å². The van der Waals surface area contributed by atoms with Crippen molar-refractivity contribution in [2.75, 3.05) is 5.32 Å². The fraction of sp³-hybridized carbons (Fsp3) is 0.310. The van der Waals surface area contributed by atoms with Crippen molar-refractivity contribution in [1.29, 1.82) is 0 Å². The van der Waals surface area contributed by atoms with Crippen molar-refractivity contribution < 1.29 is 0 Å².